The van der Waals surface area contributed by atoms with Gasteiger partial charge in [0.25, 0.3) is 0 Å². The summed E-state index contributed by atoms with van der Waals surface area (Å²) in [5.74, 6) is 0. The van der Waals surface area contributed by atoms with Gasteiger partial charge in [-0.1, -0.05) is 77.9 Å². The summed E-state index contributed by atoms with van der Waals surface area (Å²) in [7, 11) is 0. The van der Waals surface area contributed by atoms with Gasteiger partial charge in [0, 0.05) is 43.1 Å². The highest BCUT2D eigenvalue weighted by Gasteiger charge is 2.25. The van der Waals surface area contributed by atoms with E-state index in [0.29, 0.717) is 0 Å². The summed E-state index contributed by atoms with van der Waals surface area (Å²) in [5, 5.41) is 9.39. The minimum atomic E-state index is 0.907. The first-order chi connectivity index (χ1) is 20.1. The van der Waals surface area contributed by atoms with Crippen LogP contribution in [-0.2, 0) is 0 Å². The molecule has 0 bridgehead atoms. The van der Waals surface area contributed by atoms with Crippen molar-refractivity contribution in [1.82, 2.24) is 4.40 Å². The first-order valence-corrected chi connectivity index (χ1v) is 14.1. The zero-order valence-corrected chi connectivity index (χ0v) is 22.6. The van der Waals surface area contributed by atoms with Crippen LogP contribution < -0.4 is 0 Å². The third-order valence-electron chi connectivity index (χ3n) is 8.96. The molecule has 10 aromatic rings. The number of hydrogen-bond acceptors (Lipinski definition) is 2. The van der Waals surface area contributed by atoms with Crippen LogP contribution in [0.1, 0.15) is 11.1 Å². The van der Waals surface area contributed by atoms with Crippen LogP contribution in [0.15, 0.2) is 112 Å². The number of aromatic nitrogens is 1. The zero-order valence-electron chi connectivity index (χ0n) is 22.6. The van der Waals surface area contributed by atoms with Gasteiger partial charge in [-0.2, -0.15) is 0 Å². The van der Waals surface area contributed by atoms with Gasteiger partial charge in [0.15, 0.2) is 11.2 Å². The van der Waals surface area contributed by atoms with Crippen molar-refractivity contribution >= 4 is 82.0 Å². The van der Waals surface area contributed by atoms with Crippen molar-refractivity contribution in [2.45, 2.75) is 13.8 Å². The van der Waals surface area contributed by atoms with Crippen LogP contribution in [0.4, 0.5) is 0 Å². The average molecular weight is 526 g/mol. The van der Waals surface area contributed by atoms with Crippen molar-refractivity contribution in [1.29, 1.82) is 0 Å². The molecule has 0 atom stereocenters. The molecule has 0 saturated carbocycles. The van der Waals surface area contributed by atoms with Crippen LogP contribution in [-0.4, -0.2) is 4.40 Å². The molecule has 3 nitrogen and oxygen atoms in total. The summed E-state index contributed by atoms with van der Waals surface area (Å²) < 4.78 is 15.7. The minimum absolute atomic E-state index is 0.907. The molecule has 4 heterocycles. The number of fused-ring (bicyclic) bond motifs is 14. The molecule has 4 aromatic heterocycles. The quantitative estimate of drug-likeness (QED) is 0.213. The normalized spacial score (nSPS) is 12.6. The molecule has 0 N–H and O–H groups in total. The predicted molar refractivity (Wildman–Crippen MR) is 171 cm³/mol. The average Bonchev–Trinajstić information content (AvgIpc) is 3.72. The van der Waals surface area contributed by atoms with Crippen molar-refractivity contribution in [3.63, 3.8) is 0 Å². The number of benzene rings is 6. The van der Waals surface area contributed by atoms with Gasteiger partial charge in [-0.3, -0.25) is 0 Å². The fourth-order valence-corrected chi connectivity index (χ4v) is 7.36. The fourth-order valence-electron chi connectivity index (χ4n) is 7.36. The highest BCUT2D eigenvalue weighted by Crippen LogP contribution is 2.47. The number of aryl methyl sites for hydroxylation is 2. The lowest BCUT2D eigenvalue weighted by Crippen LogP contribution is -1.83. The standard InChI is InChI=1S/C38H23NO2/c1-20-15-21(2)17-22(16-20)23-18-30-26-11-13-28-24-7-3-5-9-32(24)40-37(28)35(26)39-34(30)31(19-23)27-12-14-29-25-8-4-6-10-33(25)41-38(29)36(27)39/h3-19H,1-2H3. The topological polar surface area (TPSA) is 30.7 Å². The lowest BCUT2D eigenvalue weighted by atomic mass is 9.96. The molecule has 0 fully saturated rings. The Morgan fingerprint density at radius 3 is 1.41 bits per heavy atom. The molecule has 0 spiro atoms. The Morgan fingerprint density at radius 2 is 0.878 bits per heavy atom. The summed E-state index contributed by atoms with van der Waals surface area (Å²) in [6.07, 6.45) is 0. The van der Waals surface area contributed by atoms with E-state index in [-0.39, 0.29) is 0 Å². The maximum Gasteiger partial charge on any atom is 0.160 e. The third-order valence-corrected chi connectivity index (χ3v) is 8.96. The Labute approximate surface area is 234 Å². The summed E-state index contributed by atoms with van der Waals surface area (Å²) in [6, 6.07) is 37.2. The number of furan rings is 2. The predicted octanol–water partition coefficient (Wildman–Crippen LogP) is 10.9. The van der Waals surface area contributed by atoms with E-state index in [1.807, 2.05) is 12.1 Å². The Hall–Kier alpha value is -5.28. The smallest absolute Gasteiger partial charge is 0.160 e. The first kappa shape index (κ1) is 21.5. The summed E-state index contributed by atoms with van der Waals surface area (Å²) in [6.45, 7) is 4.34. The van der Waals surface area contributed by atoms with Gasteiger partial charge in [0.2, 0.25) is 0 Å². The molecule has 3 heteroatoms. The highest BCUT2D eigenvalue weighted by atomic mass is 16.3. The molecule has 0 aliphatic heterocycles. The maximum atomic E-state index is 6.64. The Kier molecular flexibility index (Phi) is 3.81. The Balaban J connectivity index is 1.50. The van der Waals surface area contributed by atoms with Gasteiger partial charge in [-0.25, -0.2) is 0 Å². The second kappa shape index (κ2) is 7.26. The monoisotopic (exact) mass is 525 g/mol. The van der Waals surface area contributed by atoms with Crippen LogP contribution in [0.5, 0.6) is 0 Å². The molecule has 0 aliphatic carbocycles. The molecule has 0 radical (unpaired) electrons. The molecule has 6 aromatic carbocycles. The van der Waals surface area contributed by atoms with Gasteiger partial charge >= 0.3 is 0 Å². The van der Waals surface area contributed by atoms with Gasteiger partial charge in [-0.15, -0.1) is 0 Å². The van der Waals surface area contributed by atoms with E-state index in [1.54, 1.807) is 0 Å². The molecule has 192 valence electrons. The summed E-state index contributed by atoms with van der Waals surface area (Å²) in [4.78, 5) is 0. The van der Waals surface area contributed by atoms with Crippen LogP contribution in [0.3, 0.4) is 0 Å². The number of para-hydroxylation sites is 2. The van der Waals surface area contributed by atoms with E-state index in [4.69, 9.17) is 8.83 Å². The number of nitrogens with zero attached hydrogens (tertiary/aromatic N) is 1. The molecule has 0 saturated heterocycles. The largest absolute Gasteiger partial charge is 0.454 e. The van der Waals surface area contributed by atoms with Gasteiger partial charge in [0.05, 0.1) is 16.6 Å². The lowest BCUT2D eigenvalue weighted by molar-refractivity contribution is 0.670. The highest BCUT2D eigenvalue weighted by molar-refractivity contribution is 6.31. The van der Waals surface area contributed by atoms with Crippen molar-refractivity contribution in [3.8, 4) is 11.1 Å². The molecule has 0 amide bonds. The Morgan fingerprint density at radius 1 is 0.415 bits per heavy atom. The first-order valence-electron chi connectivity index (χ1n) is 14.1. The fraction of sp³-hybridized carbons (Fsp3) is 0.0526. The van der Waals surface area contributed by atoms with Crippen LogP contribution in [0.25, 0.3) is 93.1 Å². The third kappa shape index (κ3) is 2.64. The molecule has 0 unspecified atom stereocenters. The molecule has 10 rings (SSSR count). The van der Waals surface area contributed by atoms with Crippen molar-refractivity contribution in [3.05, 3.63) is 114 Å². The van der Waals surface area contributed by atoms with E-state index in [0.717, 1.165) is 54.9 Å². The van der Waals surface area contributed by atoms with Gasteiger partial charge in [0.1, 0.15) is 11.2 Å². The maximum absolute atomic E-state index is 6.64. The summed E-state index contributed by atoms with van der Waals surface area (Å²) >= 11 is 0. The molecular formula is C38H23NO2. The van der Waals surface area contributed by atoms with E-state index in [2.05, 4.69) is 109 Å². The van der Waals surface area contributed by atoms with E-state index in [1.165, 1.54) is 49.3 Å². The van der Waals surface area contributed by atoms with E-state index < -0.39 is 0 Å². The van der Waals surface area contributed by atoms with Gasteiger partial charge < -0.3 is 13.2 Å². The van der Waals surface area contributed by atoms with Crippen molar-refractivity contribution in [2.24, 2.45) is 0 Å². The van der Waals surface area contributed by atoms with E-state index in [9.17, 15) is 0 Å². The zero-order chi connectivity index (χ0) is 27.0. The second-order valence-electron chi connectivity index (χ2n) is 11.5. The number of rotatable bonds is 1. The molecule has 41 heavy (non-hydrogen) atoms. The van der Waals surface area contributed by atoms with Crippen LogP contribution in [0.2, 0.25) is 0 Å². The van der Waals surface area contributed by atoms with Crippen LogP contribution in [0, 0.1) is 13.8 Å². The lowest BCUT2D eigenvalue weighted by Gasteiger charge is -2.07. The van der Waals surface area contributed by atoms with Gasteiger partial charge in [-0.05, 0) is 61.4 Å². The molecule has 0 aliphatic rings. The van der Waals surface area contributed by atoms with Crippen molar-refractivity contribution in [2.75, 3.05) is 0 Å². The second-order valence-corrected chi connectivity index (χ2v) is 11.5. The molecular weight excluding hydrogens is 502 g/mol. The van der Waals surface area contributed by atoms with E-state index >= 15 is 0 Å². The van der Waals surface area contributed by atoms with Crippen molar-refractivity contribution < 1.29 is 8.83 Å². The summed E-state index contributed by atoms with van der Waals surface area (Å²) in [5.41, 5.74) is 12.1. The van der Waals surface area contributed by atoms with Crippen LogP contribution >= 0.6 is 0 Å². The minimum Gasteiger partial charge on any atom is -0.454 e. The number of hydrogen-bond donors (Lipinski definition) is 0. The Bertz CT molecular complexity index is 2540. The SMILES string of the molecule is Cc1cc(C)cc(-c2cc3c4ccc5c6ccccc6oc5c4n4c3c(c2)c2ccc3c5ccccc5oc3c24)c1.